The van der Waals surface area contributed by atoms with Crippen molar-refractivity contribution in [2.75, 3.05) is 32.5 Å². The summed E-state index contributed by atoms with van der Waals surface area (Å²) in [6, 6.07) is 7.67. The fraction of sp³-hybridized carbons (Fsp3) is 0.619. The quantitative estimate of drug-likeness (QED) is 0.241. The number of amides is 1. The van der Waals surface area contributed by atoms with Gasteiger partial charge in [0.15, 0.2) is 0 Å². The number of nitrogens with one attached hydrogen (secondary N) is 4. The molecular weight excluding hydrogens is 354 g/mol. The van der Waals surface area contributed by atoms with Crippen LogP contribution in [-0.4, -0.2) is 51.0 Å². The molecule has 28 heavy (non-hydrogen) atoms. The number of benzene rings is 1. The standard InChI is InChI=1S/C21H37N5O2/c1-16(2)19(24-4)20(28)26-21(15-27,11-5-6-12-22)14-25-18-9-7-17(8-10-18)13-23-3/h7-10,15-16,19,23-25H,5-6,11-14,22H2,1-4H3,(H,26,28)/t19-,21+/m0/s1. The van der Waals surface area contributed by atoms with E-state index in [-0.39, 0.29) is 17.9 Å². The van der Waals surface area contributed by atoms with Crippen LogP contribution in [0.4, 0.5) is 5.69 Å². The largest absolute Gasteiger partial charge is 0.382 e. The molecule has 0 radical (unpaired) electrons. The third-order valence-electron chi connectivity index (χ3n) is 4.88. The number of hydrogen-bond acceptors (Lipinski definition) is 6. The molecule has 0 spiro atoms. The van der Waals surface area contributed by atoms with Gasteiger partial charge in [0.05, 0.1) is 6.04 Å². The van der Waals surface area contributed by atoms with E-state index < -0.39 is 5.54 Å². The lowest BCUT2D eigenvalue weighted by Gasteiger charge is -2.32. The minimum atomic E-state index is -0.972. The predicted molar refractivity (Wildman–Crippen MR) is 115 cm³/mol. The molecule has 0 fully saturated rings. The summed E-state index contributed by atoms with van der Waals surface area (Å²) in [6.07, 6.45) is 2.98. The summed E-state index contributed by atoms with van der Waals surface area (Å²) in [7, 11) is 3.66. The van der Waals surface area contributed by atoms with E-state index in [9.17, 15) is 9.59 Å². The number of hydrogen-bond donors (Lipinski definition) is 5. The third-order valence-corrected chi connectivity index (χ3v) is 4.88. The SMILES string of the molecule is CNCc1ccc(NC[C@@](C=O)(CCCCN)NC(=O)[C@@H](NC)C(C)C)cc1. The molecule has 0 aliphatic rings. The van der Waals surface area contributed by atoms with Crippen molar-refractivity contribution in [3.8, 4) is 0 Å². The van der Waals surface area contributed by atoms with Gasteiger partial charge in [0.2, 0.25) is 5.91 Å². The Morgan fingerprint density at radius 1 is 1.18 bits per heavy atom. The van der Waals surface area contributed by atoms with Gasteiger partial charge in [-0.15, -0.1) is 0 Å². The number of rotatable bonds is 14. The van der Waals surface area contributed by atoms with Crippen molar-refractivity contribution in [3.63, 3.8) is 0 Å². The predicted octanol–water partition coefficient (Wildman–Crippen LogP) is 1.24. The first-order chi connectivity index (χ1) is 13.4. The summed E-state index contributed by atoms with van der Waals surface area (Å²) in [5.41, 5.74) is 6.73. The maximum Gasteiger partial charge on any atom is 0.238 e. The molecule has 7 nitrogen and oxygen atoms in total. The average molecular weight is 392 g/mol. The van der Waals surface area contributed by atoms with E-state index in [0.717, 1.165) is 31.4 Å². The van der Waals surface area contributed by atoms with Gasteiger partial charge < -0.3 is 31.8 Å². The third kappa shape index (κ3) is 7.58. The number of anilines is 1. The number of carbonyl (C=O) groups excluding carboxylic acids is 2. The number of unbranched alkanes of at least 4 members (excludes halogenated alkanes) is 1. The van der Waals surface area contributed by atoms with Gasteiger partial charge in [-0.3, -0.25) is 4.79 Å². The van der Waals surface area contributed by atoms with E-state index in [2.05, 4.69) is 21.3 Å². The van der Waals surface area contributed by atoms with Gasteiger partial charge in [0.1, 0.15) is 11.8 Å². The maximum absolute atomic E-state index is 12.8. The minimum absolute atomic E-state index is 0.117. The van der Waals surface area contributed by atoms with Gasteiger partial charge >= 0.3 is 0 Å². The topological polar surface area (TPSA) is 108 Å². The Labute approximate surface area is 169 Å². The highest BCUT2D eigenvalue weighted by Crippen LogP contribution is 2.17. The first-order valence-electron chi connectivity index (χ1n) is 10.0. The summed E-state index contributed by atoms with van der Waals surface area (Å²) in [4.78, 5) is 24.8. The first-order valence-corrected chi connectivity index (χ1v) is 10.0. The van der Waals surface area contributed by atoms with E-state index in [1.165, 1.54) is 5.56 Å². The van der Waals surface area contributed by atoms with E-state index in [1.807, 2.05) is 45.2 Å². The molecule has 0 unspecified atom stereocenters. The summed E-state index contributed by atoms with van der Waals surface area (Å²) in [5, 5.41) is 12.4. The van der Waals surface area contributed by atoms with Gasteiger partial charge in [0, 0.05) is 18.8 Å². The molecule has 0 aliphatic carbocycles. The molecule has 158 valence electrons. The highest BCUT2D eigenvalue weighted by atomic mass is 16.2. The van der Waals surface area contributed by atoms with Crippen LogP contribution >= 0.6 is 0 Å². The van der Waals surface area contributed by atoms with Crippen LogP contribution in [0.25, 0.3) is 0 Å². The Morgan fingerprint density at radius 2 is 1.86 bits per heavy atom. The van der Waals surface area contributed by atoms with E-state index in [4.69, 9.17) is 5.73 Å². The lowest BCUT2D eigenvalue weighted by Crippen LogP contribution is -2.59. The van der Waals surface area contributed by atoms with Crippen LogP contribution in [0.15, 0.2) is 24.3 Å². The van der Waals surface area contributed by atoms with Gasteiger partial charge in [-0.1, -0.05) is 26.0 Å². The van der Waals surface area contributed by atoms with Crippen molar-refractivity contribution >= 4 is 17.9 Å². The highest BCUT2D eigenvalue weighted by Gasteiger charge is 2.34. The van der Waals surface area contributed by atoms with Gasteiger partial charge in [-0.2, -0.15) is 0 Å². The second-order valence-corrected chi connectivity index (χ2v) is 7.60. The first kappa shape index (κ1) is 24.1. The highest BCUT2D eigenvalue weighted by molar-refractivity contribution is 5.86. The van der Waals surface area contributed by atoms with Crippen molar-refractivity contribution in [2.45, 2.75) is 51.2 Å². The van der Waals surface area contributed by atoms with Crippen LogP contribution in [-0.2, 0) is 16.1 Å². The maximum atomic E-state index is 12.8. The molecule has 0 heterocycles. The molecule has 1 aromatic carbocycles. The monoisotopic (exact) mass is 391 g/mol. The smallest absolute Gasteiger partial charge is 0.238 e. The van der Waals surface area contributed by atoms with Crippen LogP contribution in [0.1, 0.15) is 38.7 Å². The Morgan fingerprint density at radius 3 is 2.36 bits per heavy atom. The molecule has 1 amide bonds. The van der Waals surface area contributed by atoms with Crippen LogP contribution in [0.2, 0.25) is 0 Å². The van der Waals surface area contributed by atoms with E-state index in [1.54, 1.807) is 7.05 Å². The van der Waals surface area contributed by atoms with E-state index in [0.29, 0.717) is 19.5 Å². The summed E-state index contributed by atoms with van der Waals surface area (Å²) >= 11 is 0. The molecule has 2 atom stereocenters. The normalized spacial score (nSPS) is 14.4. The van der Waals surface area contributed by atoms with Crippen molar-refractivity contribution in [1.82, 2.24) is 16.0 Å². The second kappa shape index (κ2) is 12.5. The van der Waals surface area contributed by atoms with Gasteiger partial charge in [-0.25, -0.2) is 0 Å². The molecule has 1 rings (SSSR count). The Balaban J connectivity index is 2.89. The second-order valence-electron chi connectivity index (χ2n) is 7.60. The summed E-state index contributed by atoms with van der Waals surface area (Å²) < 4.78 is 0. The number of aldehydes is 1. The Bertz CT molecular complexity index is 591. The number of likely N-dealkylation sites (N-methyl/N-ethyl adjacent to an activating group) is 1. The zero-order valence-electron chi connectivity index (χ0n) is 17.7. The average Bonchev–Trinajstić information content (AvgIpc) is 2.67. The van der Waals surface area contributed by atoms with Crippen molar-refractivity contribution in [1.29, 1.82) is 0 Å². The molecule has 7 heteroatoms. The zero-order valence-corrected chi connectivity index (χ0v) is 17.7. The Hall–Kier alpha value is -1.96. The van der Waals surface area contributed by atoms with Crippen molar-refractivity contribution in [2.24, 2.45) is 11.7 Å². The number of carbonyl (C=O) groups is 2. The fourth-order valence-electron chi connectivity index (χ4n) is 3.20. The molecule has 0 aliphatic heterocycles. The summed E-state index contributed by atoms with van der Waals surface area (Å²) in [6.45, 7) is 5.64. The van der Waals surface area contributed by atoms with Crippen LogP contribution in [0, 0.1) is 5.92 Å². The lowest BCUT2D eigenvalue weighted by atomic mass is 9.92. The molecule has 0 aromatic heterocycles. The molecule has 0 saturated heterocycles. The lowest BCUT2D eigenvalue weighted by molar-refractivity contribution is -0.129. The molecular formula is C21H37N5O2. The minimum Gasteiger partial charge on any atom is -0.382 e. The molecule has 0 saturated carbocycles. The summed E-state index contributed by atoms with van der Waals surface area (Å²) in [5.74, 6) is -0.0467. The van der Waals surface area contributed by atoms with Crippen molar-refractivity contribution in [3.05, 3.63) is 29.8 Å². The molecule has 6 N–H and O–H groups in total. The van der Waals surface area contributed by atoms with Crippen LogP contribution < -0.4 is 27.0 Å². The van der Waals surface area contributed by atoms with E-state index >= 15 is 0 Å². The Kier molecular flexibility index (Phi) is 10.7. The number of nitrogens with two attached hydrogens (primary N) is 1. The van der Waals surface area contributed by atoms with Crippen molar-refractivity contribution < 1.29 is 9.59 Å². The fourth-order valence-corrected chi connectivity index (χ4v) is 3.20. The van der Waals surface area contributed by atoms with Crippen LogP contribution in [0.5, 0.6) is 0 Å². The molecule has 0 bridgehead atoms. The van der Waals surface area contributed by atoms with Gasteiger partial charge in [0.25, 0.3) is 0 Å². The van der Waals surface area contributed by atoms with Crippen LogP contribution in [0.3, 0.4) is 0 Å². The zero-order chi connectivity index (χ0) is 21.0. The van der Waals surface area contributed by atoms with Gasteiger partial charge in [-0.05, 0) is 63.5 Å². The molecule has 1 aromatic rings.